The molecule has 29 heavy (non-hydrogen) atoms. The van der Waals surface area contributed by atoms with Gasteiger partial charge in [0.2, 0.25) is 11.8 Å². The maximum atomic E-state index is 13.2. The standard InChI is InChI=1S/C24H32N2O3/c1-6-18(3)25-24(28)19(4)26(16-20-10-12-22(29-5)13-11-20)23(27)15-21-9-7-8-17(2)14-21/h7-14,18-19H,6,15-16H2,1-5H3,(H,25,28)/t18-,19+/m0/s1. The van der Waals surface area contributed by atoms with Gasteiger partial charge in [-0.15, -0.1) is 0 Å². The molecule has 0 spiro atoms. The van der Waals surface area contributed by atoms with Crippen LogP contribution in [-0.2, 0) is 22.6 Å². The summed E-state index contributed by atoms with van der Waals surface area (Å²) in [6, 6.07) is 15.0. The fourth-order valence-corrected chi connectivity index (χ4v) is 3.07. The van der Waals surface area contributed by atoms with Crippen LogP contribution in [0.15, 0.2) is 48.5 Å². The molecule has 2 amide bonds. The zero-order valence-corrected chi connectivity index (χ0v) is 18.1. The molecule has 1 N–H and O–H groups in total. The third-order valence-corrected chi connectivity index (χ3v) is 5.12. The van der Waals surface area contributed by atoms with Crippen molar-refractivity contribution in [2.24, 2.45) is 0 Å². The second kappa shape index (κ2) is 10.6. The normalized spacial score (nSPS) is 12.7. The van der Waals surface area contributed by atoms with Gasteiger partial charge >= 0.3 is 0 Å². The number of hydrogen-bond acceptors (Lipinski definition) is 3. The van der Waals surface area contributed by atoms with E-state index in [0.717, 1.165) is 28.9 Å². The molecule has 2 rings (SSSR count). The van der Waals surface area contributed by atoms with Gasteiger partial charge in [-0.3, -0.25) is 9.59 Å². The van der Waals surface area contributed by atoms with Gasteiger partial charge in [-0.2, -0.15) is 0 Å². The summed E-state index contributed by atoms with van der Waals surface area (Å²) in [4.78, 5) is 27.6. The minimum absolute atomic E-state index is 0.0691. The van der Waals surface area contributed by atoms with Crippen molar-refractivity contribution in [1.82, 2.24) is 10.2 Å². The van der Waals surface area contributed by atoms with Crippen LogP contribution in [0.2, 0.25) is 0 Å². The zero-order chi connectivity index (χ0) is 21.4. The third-order valence-electron chi connectivity index (χ3n) is 5.12. The predicted octanol–water partition coefficient (Wildman–Crippen LogP) is 3.88. The SMILES string of the molecule is CC[C@H](C)NC(=O)[C@@H](C)N(Cc1ccc(OC)cc1)C(=O)Cc1cccc(C)c1. The molecule has 2 atom stereocenters. The summed E-state index contributed by atoms with van der Waals surface area (Å²) in [7, 11) is 1.62. The number of carbonyl (C=O) groups is 2. The number of rotatable bonds is 9. The van der Waals surface area contributed by atoms with Gasteiger partial charge in [-0.05, 0) is 50.5 Å². The van der Waals surface area contributed by atoms with E-state index in [1.165, 1.54) is 0 Å². The maximum absolute atomic E-state index is 13.2. The van der Waals surface area contributed by atoms with Crippen molar-refractivity contribution in [2.75, 3.05) is 7.11 Å². The second-order valence-corrected chi connectivity index (χ2v) is 7.53. The first-order chi connectivity index (χ1) is 13.8. The van der Waals surface area contributed by atoms with Crippen molar-refractivity contribution in [2.45, 2.75) is 59.2 Å². The number of nitrogens with zero attached hydrogens (tertiary/aromatic N) is 1. The van der Waals surface area contributed by atoms with E-state index in [-0.39, 0.29) is 24.3 Å². The number of amides is 2. The first-order valence-electron chi connectivity index (χ1n) is 10.1. The molecule has 2 aromatic rings. The molecular formula is C24H32N2O3. The number of nitrogens with one attached hydrogen (secondary N) is 1. The summed E-state index contributed by atoms with van der Waals surface area (Å²) in [5.41, 5.74) is 3.01. The van der Waals surface area contributed by atoms with Crippen molar-refractivity contribution in [3.63, 3.8) is 0 Å². The van der Waals surface area contributed by atoms with Crippen LogP contribution in [0.25, 0.3) is 0 Å². The van der Waals surface area contributed by atoms with E-state index in [2.05, 4.69) is 5.32 Å². The van der Waals surface area contributed by atoms with Crippen LogP contribution in [0.3, 0.4) is 0 Å². The first-order valence-corrected chi connectivity index (χ1v) is 10.1. The summed E-state index contributed by atoms with van der Waals surface area (Å²) < 4.78 is 5.21. The number of benzene rings is 2. The maximum Gasteiger partial charge on any atom is 0.242 e. The van der Waals surface area contributed by atoms with Crippen molar-refractivity contribution >= 4 is 11.8 Å². The Balaban J connectivity index is 2.22. The molecule has 0 unspecified atom stereocenters. The van der Waals surface area contributed by atoms with E-state index in [1.54, 1.807) is 18.9 Å². The summed E-state index contributed by atoms with van der Waals surface area (Å²) in [6.45, 7) is 8.14. The van der Waals surface area contributed by atoms with Crippen LogP contribution >= 0.6 is 0 Å². The van der Waals surface area contributed by atoms with Gasteiger partial charge in [-0.1, -0.05) is 48.9 Å². The smallest absolute Gasteiger partial charge is 0.242 e. The van der Waals surface area contributed by atoms with Crippen molar-refractivity contribution in [3.05, 3.63) is 65.2 Å². The minimum Gasteiger partial charge on any atom is -0.497 e. The van der Waals surface area contributed by atoms with E-state index < -0.39 is 6.04 Å². The van der Waals surface area contributed by atoms with Crippen LogP contribution in [0, 0.1) is 6.92 Å². The Labute approximate surface area is 174 Å². The summed E-state index contributed by atoms with van der Waals surface area (Å²) >= 11 is 0. The molecule has 2 aromatic carbocycles. The highest BCUT2D eigenvalue weighted by Gasteiger charge is 2.26. The lowest BCUT2D eigenvalue weighted by Crippen LogP contribution is -2.49. The molecule has 0 fully saturated rings. The summed E-state index contributed by atoms with van der Waals surface area (Å²) in [5, 5.41) is 2.99. The number of carbonyl (C=O) groups excluding carboxylic acids is 2. The molecule has 0 bridgehead atoms. The molecule has 5 heteroatoms. The molecule has 5 nitrogen and oxygen atoms in total. The highest BCUT2D eigenvalue weighted by molar-refractivity contribution is 5.88. The molecule has 0 aromatic heterocycles. The van der Waals surface area contributed by atoms with Crippen molar-refractivity contribution in [3.8, 4) is 5.75 Å². The quantitative estimate of drug-likeness (QED) is 0.700. The Morgan fingerprint density at radius 1 is 1.07 bits per heavy atom. The zero-order valence-electron chi connectivity index (χ0n) is 18.1. The van der Waals surface area contributed by atoms with Crippen LogP contribution < -0.4 is 10.1 Å². The largest absolute Gasteiger partial charge is 0.497 e. The molecule has 0 aliphatic carbocycles. The molecular weight excluding hydrogens is 364 g/mol. The fraction of sp³-hybridized carbons (Fsp3) is 0.417. The molecule has 156 valence electrons. The van der Waals surface area contributed by atoms with Crippen LogP contribution in [0.4, 0.5) is 0 Å². The Morgan fingerprint density at radius 2 is 1.76 bits per heavy atom. The second-order valence-electron chi connectivity index (χ2n) is 7.53. The molecule has 0 saturated carbocycles. The van der Waals surface area contributed by atoms with Gasteiger partial charge in [0, 0.05) is 12.6 Å². The minimum atomic E-state index is -0.566. The van der Waals surface area contributed by atoms with Crippen molar-refractivity contribution < 1.29 is 14.3 Å². The monoisotopic (exact) mass is 396 g/mol. The predicted molar refractivity (Wildman–Crippen MR) is 116 cm³/mol. The Hall–Kier alpha value is -2.82. The van der Waals surface area contributed by atoms with Crippen LogP contribution in [0.5, 0.6) is 5.75 Å². The summed E-state index contributed by atoms with van der Waals surface area (Å²) in [6.07, 6.45) is 1.10. The fourth-order valence-electron chi connectivity index (χ4n) is 3.07. The molecule has 0 saturated heterocycles. The van der Waals surface area contributed by atoms with Gasteiger partial charge in [0.25, 0.3) is 0 Å². The van der Waals surface area contributed by atoms with Gasteiger partial charge in [0.1, 0.15) is 11.8 Å². The lowest BCUT2D eigenvalue weighted by Gasteiger charge is -2.30. The lowest BCUT2D eigenvalue weighted by molar-refractivity contribution is -0.140. The molecule has 0 aliphatic rings. The number of hydrogen-bond donors (Lipinski definition) is 1. The number of ether oxygens (including phenoxy) is 1. The van der Waals surface area contributed by atoms with Crippen molar-refractivity contribution in [1.29, 1.82) is 0 Å². The van der Waals surface area contributed by atoms with Gasteiger partial charge in [0.15, 0.2) is 0 Å². The van der Waals surface area contributed by atoms with Gasteiger partial charge < -0.3 is 15.0 Å². The molecule has 0 aliphatic heterocycles. The first kappa shape index (κ1) is 22.5. The third kappa shape index (κ3) is 6.63. The van der Waals surface area contributed by atoms with E-state index >= 15 is 0 Å². The van der Waals surface area contributed by atoms with Gasteiger partial charge in [0.05, 0.1) is 13.5 Å². The van der Waals surface area contributed by atoms with Crippen LogP contribution in [0.1, 0.15) is 43.9 Å². The molecule has 0 radical (unpaired) electrons. The Morgan fingerprint density at radius 3 is 2.34 bits per heavy atom. The Kier molecular flexibility index (Phi) is 8.25. The highest BCUT2D eigenvalue weighted by Crippen LogP contribution is 2.16. The van der Waals surface area contributed by atoms with E-state index in [1.807, 2.05) is 69.3 Å². The average molecular weight is 397 g/mol. The lowest BCUT2D eigenvalue weighted by atomic mass is 10.1. The number of aryl methyl sites for hydroxylation is 1. The van der Waals surface area contributed by atoms with E-state index in [4.69, 9.17) is 4.74 Å². The topological polar surface area (TPSA) is 58.6 Å². The van der Waals surface area contributed by atoms with E-state index in [0.29, 0.717) is 6.54 Å². The summed E-state index contributed by atoms with van der Waals surface area (Å²) in [5.74, 6) is 0.553. The Bertz CT molecular complexity index is 817. The van der Waals surface area contributed by atoms with E-state index in [9.17, 15) is 9.59 Å². The van der Waals surface area contributed by atoms with Gasteiger partial charge in [-0.25, -0.2) is 0 Å². The highest BCUT2D eigenvalue weighted by atomic mass is 16.5. The average Bonchev–Trinajstić information content (AvgIpc) is 2.71. The molecule has 0 heterocycles. The number of methoxy groups -OCH3 is 1. The van der Waals surface area contributed by atoms with Crippen LogP contribution in [-0.4, -0.2) is 35.9 Å².